The first-order valence-corrected chi connectivity index (χ1v) is 7.02. The van der Waals surface area contributed by atoms with Crippen LogP contribution in [0.1, 0.15) is 32.8 Å². The minimum absolute atomic E-state index is 0.199. The fraction of sp³-hybridized carbons (Fsp3) is 0.438. The monoisotopic (exact) mass is 303 g/mol. The molecule has 0 aliphatic rings. The molecule has 118 valence electrons. The second kappa shape index (κ2) is 7.57. The van der Waals surface area contributed by atoms with Gasteiger partial charge >= 0.3 is 11.8 Å². The standard InChI is InChI=1S/C16H21N3O3/c1-16(2,3)13(20)8-9-18-14(21)15(22)19-12-7-5-4-6-11(12)10-17/h4-7,13,20H,8-9H2,1-3H3,(H,18,21)(H,19,22). The highest BCUT2D eigenvalue weighted by atomic mass is 16.3. The van der Waals surface area contributed by atoms with Crippen LogP contribution in [0.25, 0.3) is 0 Å². The van der Waals surface area contributed by atoms with Gasteiger partial charge in [0.15, 0.2) is 0 Å². The molecule has 6 nitrogen and oxygen atoms in total. The lowest BCUT2D eigenvalue weighted by Crippen LogP contribution is -2.38. The highest BCUT2D eigenvalue weighted by Crippen LogP contribution is 2.20. The molecule has 22 heavy (non-hydrogen) atoms. The predicted octanol–water partition coefficient (Wildman–Crippen LogP) is 1.41. The normalized spacial score (nSPS) is 12.1. The van der Waals surface area contributed by atoms with Crippen LogP contribution >= 0.6 is 0 Å². The largest absolute Gasteiger partial charge is 0.393 e. The second-order valence-corrected chi connectivity index (χ2v) is 6.04. The number of nitriles is 1. The molecule has 0 radical (unpaired) electrons. The minimum Gasteiger partial charge on any atom is -0.393 e. The van der Waals surface area contributed by atoms with Crippen LogP contribution in [0.15, 0.2) is 24.3 Å². The fourth-order valence-corrected chi connectivity index (χ4v) is 1.70. The van der Waals surface area contributed by atoms with Crippen molar-refractivity contribution in [3.63, 3.8) is 0 Å². The Kier molecular flexibility index (Phi) is 6.08. The molecular weight excluding hydrogens is 282 g/mol. The fourth-order valence-electron chi connectivity index (χ4n) is 1.70. The molecule has 2 amide bonds. The number of hydrogen-bond acceptors (Lipinski definition) is 4. The van der Waals surface area contributed by atoms with E-state index in [4.69, 9.17) is 5.26 Å². The quantitative estimate of drug-likeness (QED) is 0.732. The number of aliphatic hydroxyl groups is 1. The zero-order valence-corrected chi connectivity index (χ0v) is 13.0. The lowest BCUT2D eigenvalue weighted by Gasteiger charge is -2.25. The van der Waals surface area contributed by atoms with E-state index < -0.39 is 17.9 Å². The number of carbonyl (C=O) groups is 2. The summed E-state index contributed by atoms with van der Waals surface area (Å²) in [6.45, 7) is 5.88. The van der Waals surface area contributed by atoms with Gasteiger partial charge in [-0.1, -0.05) is 32.9 Å². The lowest BCUT2D eigenvalue weighted by molar-refractivity contribution is -0.136. The van der Waals surface area contributed by atoms with Gasteiger partial charge in [0, 0.05) is 6.54 Å². The van der Waals surface area contributed by atoms with Gasteiger partial charge in [-0.3, -0.25) is 9.59 Å². The maximum atomic E-state index is 11.8. The Bertz CT molecular complexity index is 585. The Morgan fingerprint density at radius 2 is 1.91 bits per heavy atom. The number of rotatable bonds is 4. The molecule has 0 aliphatic heterocycles. The SMILES string of the molecule is CC(C)(C)C(O)CCNC(=O)C(=O)Nc1ccccc1C#N. The number of hydrogen-bond donors (Lipinski definition) is 3. The van der Waals surface area contributed by atoms with Gasteiger partial charge in [0.25, 0.3) is 0 Å². The Balaban J connectivity index is 2.50. The molecule has 0 bridgehead atoms. The van der Waals surface area contributed by atoms with Crippen LogP contribution in [0, 0.1) is 16.7 Å². The minimum atomic E-state index is -0.840. The third-order valence-electron chi connectivity index (χ3n) is 3.20. The van der Waals surface area contributed by atoms with Crippen molar-refractivity contribution in [3.05, 3.63) is 29.8 Å². The number of nitrogens with zero attached hydrogens (tertiary/aromatic N) is 1. The molecule has 1 atom stereocenters. The number of amides is 2. The number of benzene rings is 1. The maximum absolute atomic E-state index is 11.8. The first kappa shape index (κ1) is 17.7. The number of para-hydroxylation sites is 1. The molecular formula is C16H21N3O3. The molecule has 0 saturated heterocycles. The van der Waals surface area contributed by atoms with Crippen molar-refractivity contribution in [2.75, 3.05) is 11.9 Å². The summed E-state index contributed by atoms with van der Waals surface area (Å²) < 4.78 is 0. The van der Waals surface area contributed by atoms with Crippen molar-refractivity contribution < 1.29 is 14.7 Å². The molecule has 0 saturated carbocycles. The van der Waals surface area contributed by atoms with Crippen LogP contribution in [0.3, 0.4) is 0 Å². The number of carbonyl (C=O) groups excluding carboxylic acids is 2. The summed E-state index contributed by atoms with van der Waals surface area (Å²) in [5.74, 6) is -1.64. The van der Waals surface area contributed by atoms with E-state index in [1.165, 1.54) is 0 Å². The Morgan fingerprint density at radius 1 is 1.27 bits per heavy atom. The van der Waals surface area contributed by atoms with Crippen molar-refractivity contribution in [2.24, 2.45) is 5.41 Å². The first-order chi connectivity index (χ1) is 10.3. The van der Waals surface area contributed by atoms with Gasteiger partial charge in [0.1, 0.15) is 6.07 Å². The van der Waals surface area contributed by atoms with E-state index in [9.17, 15) is 14.7 Å². The summed E-state index contributed by atoms with van der Waals surface area (Å²) in [6.07, 6.45) is -0.215. The Morgan fingerprint density at radius 3 is 2.50 bits per heavy atom. The third kappa shape index (κ3) is 5.19. The lowest BCUT2D eigenvalue weighted by atomic mass is 9.87. The van der Waals surface area contributed by atoms with Crippen molar-refractivity contribution in [1.29, 1.82) is 5.26 Å². The van der Waals surface area contributed by atoms with Gasteiger partial charge in [-0.15, -0.1) is 0 Å². The molecule has 3 N–H and O–H groups in total. The summed E-state index contributed by atoms with van der Waals surface area (Å²) in [5, 5.41) is 23.6. The van der Waals surface area contributed by atoms with Crippen molar-refractivity contribution in [2.45, 2.75) is 33.3 Å². The summed E-state index contributed by atoms with van der Waals surface area (Å²) in [7, 11) is 0. The van der Waals surface area contributed by atoms with E-state index in [1.807, 2.05) is 26.8 Å². The number of nitrogens with one attached hydrogen (secondary N) is 2. The molecule has 0 heterocycles. The average molecular weight is 303 g/mol. The van der Waals surface area contributed by atoms with Crippen molar-refractivity contribution >= 4 is 17.5 Å². The summed E-state index contributed by atoms with van der Waals surface area (Å²) in [5.41, 5.74) is 0.297. The van der Waals surface area contributed by atoms with Crippen LogP contribution in [0.5, 0.6) is 0 Å². The van der Waals surface area contributed by atoms with E-state index in [-0.39, 0.29) is 17.5 Å². The van der Waals surface area contributed by atoms with Crippen LogP contribution in [-0.2, 0) is 9.59 Å². The van der Waals surface area contributed by atoms with Crippen LogP contribution in [0.4, 0.5) is 5.69 Å². The van der Waals surface area contributed by atoms with E-state index >= 15 is 0 Å². The zero-order valence-electron chi connectivity index (χ0n) is 13.0. The van der Waals surface area contributed by atoms with Crippen LogP contribution in [-0.4, -0.2) is 29.6 Å². The van der Waals surface area contributed by atoms with Crippen molar-refractivity contribution in [1.82, 2.24) is 5.32 Å². The summed E-state index contributed by atoms with van der Waals surface area (Å²) in [6, 6.07) is 8.36. The molecule has 1 rings (SSSR count). The third-order valence-corrected chi connectivity index (χ3v) is 3.20. The molecule has 6 heteroatoms. The predicted molar refractivity (Wildman–Crippen MR) is 82.9 cm³/mol. The van der Waals surface area contributed by atoms with E-state index in [0.717, 1.165) is 0 Å². The topological polar surface area (TPSA) is 102 Å². The van der Waals surface area contributed by atoms with Crippen molar-refractivity contribution in [3.8, 4) is 6.07 Å². The summed E-state index contributed by atoms with van der Waals surface area (Å²) >= 11 is 0. The smallest absolute Gasteiger partial charge is 0.313 e. The molecule has 1 aromatic carbocycles. The number of anilines is 1. The number of aliphatic hydroxyl groups excluding tert-OH is 1. The van der Waals surface area contributed by atoms with E-state index in [1.54, 1.807) is 24.3 Å². The van der Waals surface area contributed by atoms with Gasteiger partial charge in [-0.25, -0.2) is 0 Å². The molecule has 1 unspecified atom stereocenters. The van der Waals surface area contributed by atoms with Crippen LogP contribution < -0.4 is 10.6 Å². The van der Waals surface area contributed by atoms with Gasteiger partial charge < -0.3 is 15.7 Å². The molecule has 0 spiro atoms. The van der Waals surface area contributed by atoms with Gasteiger partial charge in [0.2, 0.25) is 0 Å². The van der Waals surface area contributed by atoms with Gasteiger partial charge in [-0.2, -0.15) is 5.26 Å². The molecule has 1 aromatic rings. The Hall–Kier alpha value is -2.39. The highest BCUT2D eigenvalue weighted by molar-refractivity contribution is 6.39. The van der Waals surface area contributed by atoms with Gasteiger partial charge in [-0.05, 0) is 24.0 Å². The molecule has 0 fully saturated rings. The van der Waals surface area contributed by atoms with Crippen LogP contribution in [0.2, 0.25) is 0 Å². The summed E-state index contributed by atoms with van der Waals surface area (Å²) in [4.78, 5) is 23.4. The molecule has 0 aliphatic carbocycles. The second-order valence-electron chi connectivity index (χ2n) is 6.04. The zero-order chi connectivity index (χ0) is 16.8. The molecule has 0 aromatic heterocycles. The average Bonchev–Trinajstić information content (AvgIpc) is 2.46. The first-order valence-electron chi connectivity index (χ1n) is 7.02. The van der Waals surface area contributed by atoms with Gasteiger partial charge in [0.05, 0.1) is 17.4 Å². The maximum Gasteiger partial charge on any atom is 0.313 e. The van der Waals surface area contributed by atoms with E-state index in [0.29, 0.717) is 12.1 Å². The highest BCUT2D eigenvalue weighted by Gasteiger charge is 2.22. The van der Waals surface area contributed by atoms with E-state index in [2.05, 4.69) is 10.6 Å². The Labute approximate surface area is 130 Å².